The first-order valence-electron chi connectivity index (χ1n) is 8.45. The van der Waals surface area contributed by atoms with Crippen LogP contribution >= 0.6 is 12.4 Å². The molecule has 1 aromatic heterocycles. The first-order chi connectivity index (χ1) is 12.8. The van der Waals surface area contributed by atoms with Crippen LogP contribution in [-0.2, 0) is 0 Å². The van der Waals surface area contributed by atoms with Crippen molar-refractivity contribution < 1.29 is 22.4 Å². The first-order valence-corrected chi connectivity index (χ1v) is 8.45. The predicted octanol–water partition coefficient (Wildman–Crippen LogP) is 2.20. The molecule has 1 fully saturated rings. The molecule has 1 atom stereocenters. The molecule has 1 aliphatic rings. The summed E-state index contributed by atoms with van der Waals surface area (Å²) in [6.07, 6.45) is -4.45. The number of rotatable bonds is 5. The summed E-state index contributed by atoms with van der Waals surface area (Å²) in [5, 5.41) is 11.8. The number of alkyl halides is 3. The van der Waals surface area contributed by atoms with E-state index in [1.807, 2.05) is 0 Å². The Bertz CT molecular complexity index is 775. The Balaban J connectivity index is 0.00000280. The normalized spacial score (nSPS) is 16.3. The van der Waals surface area contributed by atoms with Crippen molar-refractivity contribution >= 4 is 18.3 Å². The number of carbonyl (C=O) groups is 1. The fourth-order valence-corrected chi connectivity index (χ4v) is 2.94. The molecule has 11 heteroatoms. The minimum atomic E-state index is -4.45. The third-order valence-electron chi connectivity index (χ3n) is 4.39. The zero-order valence-corrected chi connectivity index (χ0v) is 15.5. The second kappa shape index (κ2) is 9.35. The van der Waals surface area contributed by atoms with Gasteiger partial charge in [0.25, 0.3) is 5.91 Å². The predicted molar refractivity (Wildman–Crippen MR) is 97.8 cm³/mol. The van der Waals surface area contributed by atoms with E-state index in [4.69, 9.17) is 0 Å². The second-order valence-electron chi connectivity index (χ2n) is 6.23. The number of nitrogens with one attached hydrogen (secondary N) is 3. The highest BCUT2D eigenvalue weighted by atomic mass is 35.5. The van der Waals surface area contributed by atoms with Gasteiger partial charge in [-0.2, -0.15) is 18.3 Å². The van der Waals surface area contributed by atoms with Gasteiger partial charge < -0.3 is 10.6 Å². The average Bonchev–Trinajstić information content (AvgIpc) is 3.12. The molecule has 0 saturated carbocycles. The van der Waals surface area contributed by atoms with Gasteiger partial charge in [0, 0.05) is 38.3 Å². The second-order valence-corrected chi connectivity index (χ2v) is 6.23. The molecule has 1 saturated heterocycles. The number of piperazine rings is 1. The van der Waals surface area contributed by atoms with Gasteiger partial charge in [0.05, 0.1) is 5.69 Å². The van der Waals surface area contributed by atoms with Crippen LogP contribution in [0.5, 0.6) is 0 Å². The standard InChI is InChI=1S/C17H19F4N5O.ClH/c18-12-3-1-11(2-4-12)13-9-14(25-24-13)16(27)23-10-15(17(19,20)21)26-7-5-22-6-8-26;/h1-4,9,15,22H,5-8,10H2,(H,23,27)(H,24,25);1H. The number of hydrogen-bond acceptors (Lipinski definition) is 4. The fourth-order valence-electron chi connectivity index (χ4n) is 2.94. The van der Waals surface area contributed by atoms with Gasteiger partial charge in [-0.1, -0.05) is 0 Å². The molecule has 2 aromatic rings. The summed E-state index contributed by atoms with van der Waals surface area (Å²) in [5.74, 6) is -1.08. The number of nitrogens with zero attached hydrogens (tertiary/aromatic N) is 2. The number of carbonyl (C=O) groups excluding carboxylic acids is 1. The van der Waals surface area contributed by atoms with Crippen molar-refractivity contribution in [2.75, 3.05) is 32.7 Å². The quantitative estimate of drug-likeness (QED) is 0.647. The van der Waals surface area contributed by atoms with E-state index in [2.05, 4.69) is 20.8 Å². The van der Waals surface area contributed by atoms with Gasteiger partial charge >= 0.3 is 6.18 Å². The van der Waals surface area contributed by atoms with Gasteiger partial charge in [-0.15, -0.1) is 12.4 Å². The van der Waals surface area contributed by atoms with Crippen LogP contribution in [0.2, 0.25) is 0 Å². The van der Waals surface area contributed by atoms with Crippen molar-refractivity contribution in [3.8, 4) is 11.3 Å². The highest BCUT2D eigenvalue weighted by molar-refractivity contribution is 5.93. The summed E-state index contributed by atoms with van der Waals surface area (Å²) in [6.45, 7) is 0.926. The molecule has 1 aliphatic heterocycles. The molecule has 0 spiro atoms. The highest BCUT2D eigenvalue weighted by Gasteiger charge is 2.43. The molecule has 6 nitrogen and oxygen atoms in total. The van der Waals surface area contributed by atoms with E-state index in [1.165, 1.54) is 35.2 Å². The van der Waals surface area contributed by atoms with E-state index < -0.39 is 30.5 Å². The zero-order chi connectivity index (χ0) is 19.4. The largest absolute Gasteiger partial charge is 0.405 e. The summed E-state index contributed by atoms with van der Waals surface area (Å²) in [4.78, 5) is 13.5. The van der Waals surface area contributed by atoms with Crippen LogP contribution in [0.1, 0.15) is 10.5 Å². The van der Waals surface area contributed by atoms with Crippen molar-refractivity contribution in [2.45, 2.75) is 12.2 Å². The number of halogens is 5. The third-order valence-corrected chi connectivity index (χ3v) is 4.39. The van der Waals surface area contributed by atoms with Crippen molar-refractivity contribution in [1.82, 2.24) is 25.7 Å². The van der Waals surface area contributed by atoms with Gasteiger partial charge in [-0.05, 0) is 30.3 Å². The maximum absolute atomic E-state index is 13.4. The lowest BCUT2D eigenvalue weighted by Crippen LogP contribution is -2.57. The number of aromatic amines is 1. The van der Waals surface area contributed by atoms with Crippen molar-refractivity contribution in [3.05, 3.63) is 41.8 Å². The van der Waals surface area contributed by atoms with Gasteiger partial charge in [-0.3, -0.25) is 14.8 Å². The molecule has 1 aromatic carbocycles. The molecule has 154 valence electrons. The minimum Gasteiger partial charge on any atom is -0.349 e. The lowest BCUT2D eigenvalue weighted by atomic mass is 10.1. The molecular formula is C17H20ClF4N5O. The minimum absolute atomic E-state index is 0. The SMILES string of the molecule is Cl.O=C(NCC(N1CCNCC1)C(F)(F)F)c1cc(-c2ccc(F)cc2)n[nH]1. The van der Waals surface area contributed by atoms with Crippen LogP contribution in [0.25, 0.3) is 11.3 Å². The molecular weight excluding hydrogens is 402 g/mol. The number of benzene rings is 1. The van der Waals surface area contributed by atoms with Gasteiger partial charge in [0.15, 0.2) is 0 Å². The van der Waals surface area contributed by atoms with Crippen LogP contribution < -0.4 is 10.6 Å². The maximum Gasteiger partial charge on any atom is 0.405 e. The molecule has 0 aliphatic carbocycles. The van der Waals surface area contributed by atoms with E-state index in [9.17, 15) is 22.4 Å². The lowest BCUT2D eigenvalue weighted by Gasteiger charge is -2.35. The summed E-state index contributed by atoms with van der Waals surface area (Å²) in [5.41, 5.74) is 1.02. The smallest absolute Gasteiger partial charge is 0.349 e. The molecule has 0 radical (unpaired) electrons. The van der Waals surface area contributed by atoms with E-state index in [1.54, 1.807) is 0 Å². The number of H-pyrrole nitrogens is 1. The van der Waals surface area contributed by atoms with Crippen molar-refractivity contribution in [3.63, 3.8) is 0 Å². The van der Waals surface area contributed by atoms with Gasteiger partial charge in [-0.25, -0.2) is 4.39 Å². The number of amides is 1. The van der Waals surface area contributed by atoms with E-state index in [-0.39, 0.29) is 31.2 Å². The molecule has 3 N–H and O–H groups in total. The maximum atomic E-state index is 13.4. The Kier molecular flexibility index (Phi) is 7.39. The Morgan fingerprint density at radius 1 is 1.21 bits per heavy atom. The molecule has 3 rings (SSSR count). The number of aromatic nitrogens is 2. The van der Waals surface area contributed by atoms with E-state index in [0.29, 0.717) is 24.3 Å². The average molecular weight is 422 g/mol. The Morgan fingerprint density at radius 3 is 2.46 bits per heavy atom. The summed E-state index contributed by atoms with van der Waals surface area (Å²) in [7, 11) is 0. The third kappa shape index (κ3) is 5.43. The van der Waals surface area contributed by atoms with Crippen molar-refractivity contribution in [1.29, 1.82) is 0 Å². The van der Waals surface area contributed by atoms with Crippen molar-refractivity contribution in [2.24, 2.45) is 0 Å². The molecule has 28 heavy (non-hydrogen) atoms. The van der Waals surface area contributed by atoms with Gasteiger partial charge in [0.2, 0.25) is 0 Å². The van der Waals surface area contributed by atoms with Crippen LogP contribution in [0.4, 0.5) is 17.6 Å². The van der Waals surface area contributed by atoms with Crippen LogP contribution in [-0.4, -0.2) is 65.9 Å². The molecule has 2 heterocycles. The molecule has 1 unspecified atom stereocenters. The van der Waals surface area contributed by atoms with E-state index >= 15 is 0 Å². The highest BCUT2D eigenvalue weighted by Crippen LogP contribution is 2.25. The Morgan fingerprint density at radius 2 is 1.86 bits per heavy atom. The lowest BCUT2D eigenvalue weighted by molar-refractivity contribution is -0.183. The topological polar surface area (TPSA) is 73.1 Å². The van der Waals surface area contributed by atoms with Crippen LogP contribution in [0.3, 0.4) is 0 Å². The monoisotopic (exact) mass is 421 g/mol. The summed E-state index contributed by atoms with van der Waals surface area (Å²) < 4.78 is 53.0. The fraction of sp³-hybridized carbons (Fsp3) is 0.412. The summed E-state index contributed by atoms with van der Waals surface area (Å²) in [6, 6.07) is 5.17. The molecule has 1 amide bonds. The Labute approximate surface area is 165 Å². The van der Waals surface area contributed by atoms with Gasteiger partial charge in [0.1, 0.15) is 17.6 Å². The zero-order valence-electron chi connectivity index (χ0n) is 14.7. The number of hydrogen-bond donors (Lipinski definition) is 3. The first kappa shape index (κ1) is 22.1. The van der Waals surface area contributed by atoms with Crippen LogP contribution in [0, 0.1) is 5.82 Å². The summed E-state index contributed by atoms with van der Waals surface area (Å²) >= 11 is 0. The Hall–Kier alpha value is -2.17. The van der Waals surface area contributed by atoms with Crippen LogP contribution in [0.15, 0.2) is 30.3 Å². The van der Waals surface area contributed by atoms with E-state index in [0.717, 1.165) is 0 Å². The molecule has 0 bridgehead atoms.